The van der Waals surface area contributed by atoms with Crippen LogP contribution in [0.3, 0.4) is 0 Å². The van der Waals surface area contributed by atoms with Crippen molar-refractivity contribution in [2.75, 3.05) is 20.2 Å². The first-order chi connectivity index (χ1) is 8.25. The average Bonchev–Trinajstić information content (AvgIpc) is 2.83. The zero-order chi connectivity index (χ0) is 12.1. The van der Waals surface area contributed by atoms with Crippen molar-refractivity contribution < 1.29 is 9.53 Å². The van der Waals surface area contributed by atoms with Crippen molar-refractivity contribution in [3.63, 3.8) is 0 Å². The Morgan fingerprint density at radius 1 is 1.29 bits per heavy atom. The van der Waals surface area contributed by atoms with E-state index >= 15 is 0 Å². The van der Waals surface area contributed by atoms with Gasteiger partial charge in [0.25, 0.3) is 0 Å². The molecule has 1 atom stereocenters. The van der Waals surface area contributed by atoms with Gasteiger partial charge in [-0.3, -0.25) is 4.79 Å². The zero-order valence-electron chi connectivity index (χ0n) is 11.0. The molecule has 1 saturated heterocycles. The Balaban J connectivity index is 1.59. The lowest BCUT2D eigenvalue weighted by Gasteiger charge is -2.30. The predicted octanol–water partition coefficient (Wildman–Crippen LogP) is 2.39. The summed E-state index contributed by atoms with van der Waals surface area (Å²) in [5.74, 6) is 0.453. The fraction of sp³-hybridized carbons (Fsp3) is 0.929. The van der Waals surface area contributed by atoms with Crippen LogP contribution in [0.25, 0.3) is 0 Å². The molecule has 1 aliphatic carbocycles. The second kappa shape index (κ2) is 6.50. The molecule has 1 unspecified atom stereocenters. The van der Waals surface area contributed by atoms with Crippen LogP contribution in [-0.2, 0) is 9.53 Å². The molecule has 0 radical (unpaired) electrons. The first-order valence-electron chi connectivity index (χ1n) is 7.09. The molecule has 1 heterocycles. The maximum absolute atomic E-state index is 11.2. The molecule has 17 heavy (non-hydrogen) atoms. The number of nitrogens with zero attached hydrogens (tertiary/aromatic N) is 1. The lowest BCUT2D eigenvalue weighted by atomic mass is 9.93. The number of carbonyl (C=O) groups is 1. The molecule has 0 amide bonds. The fourth-order valence-corrected chi connectivity index (χ4v) is 2.99. The number of hydrogen-bond acceptors (Lipinski definition) is 3. The number of ether oxygens (including phenoxy) is 1. The smallest absolute Gasteiger partial charge is 0.133 e. The van der Waals surface area contributed by atoms with Crippen LogP contribution in [0.4, 0.5) is 0 Å². The fourth-order valence-electron chi connectivity index (χ4n) is 2.99. The Labute approximate surface area is 105 Å². The van der Waals surface area contributed by atoms with Crippen molar-refractivity contribution in [3.05, 3.63) is 0 Å². The van der Waals surface area contributed by atoms with E-state index in [-0.39, 0.29) is 0 Å². The number of hydrogen-bond donors (Lipinski definition) is 0. The van der Waals surface area contributed by atoms with Crippen LogP contribution in [0.15, 0.2) is 0 Å². The van der Waals surface area contributed by atoms with Gasteiger partial charge in [0, 0.05) is 25.5 Å². The van der Waals surface area contributed by atoms with E-state index in [1.807, 2.05) is 0 Å². The molecule has 1 aliphatic heterocycles. The second-order valence-corrected chi connectivity index (χ2v) is 5.53. The Hall–Kier alpha value is -0.410. The van der Waals surface area contributed by atoms with Gasteiger partial charge in [-0.2, -0.15) is 0 Å². The first kappa shape index (κ1) is 13.0. The molecular formula is C14H25NO2. The van der Waals surface area contributed by atoms with Crippen LogP contribution in [0.5, 0.6) is 0 Å². The molecule has 0 aromatic carbocycles. The van der Waals surface area contributed by atoms with E-state index in [0.717, 1.165) is 38.8 Å². The standard InChI is InChI=1S/C14H25NO2/c1-15(12-6-8-13(16)9-7-12)10-2-4-14-5-3-11-17-14/h12,14H,2-11H2,1H3. The van der Waals surface area contributed by atoms with Crippen molar-refractivity contribution >= 4 is 5.78 Å². The van der Waals surface area contributed by atoms with Gasteiger partial charge in [-0.15, -0.1) is 0 Å². The molecule has 2 aliphatic rings. The minimum Gasteiger partial charge on any atom is -0.378 e. The average molecular weight is 239 g/mol. The largest absolute Gasteiger partial charge is 0.378 e. The Morgan fingerprint density at radius 3 is 2.71 bits per heavy atom. The van der Waals surface area contributed by atoms with Gasteiger partial charge in [0.05, 0.1) is 6.10 Å². The van der Waals surface area contributed by atoms with Gasteiger partial charge in [0.2, 0.25) is 0 Å². The third kappa shape index (κ3) is 4.07. The van der Waals surface area contributed by atoms with Gasteiger partial charge in [-0.25, -0.2) is 0 Å². The van der Waals surface area contributed by atoms with Gasteiger partial charge in [-0.05, 0) is 52.1 Å². The second-order valence-electron chi connectivity index (χ2n) is 5.53. The van der Waals surface area contributed by atoms with Gasteiger partial charge >= 0.3 is 0 Å². The van der Waals surface area contributed by atoms with Gasteiger partial charge in [-0.1, -0.05) is 0 Å². The predicted molar refractivity (Wildman–Crippen MR) is 68.1 cm³/mol. The van der Waals surface area contributed by atoms with Crippen LogP contribution in [-0.4, -0.2) is 43.0 Å². The Bertz CT molecular complexity index is 239. The normalized spacial score (nSPS) is 26.9. The van der Waals surface area contributed by atoms with E-state index in [2.05, 4.69) is 11.9 Å². The molecule has 0 aromatic rings. The lowest BCUT2D eigenvalue weighted by Crippen LogP contribution is -2.36. The zero-order valence-corrected chi connectivity index (χ0v) is 11.0. The van der Waals surface area contributed by atoms with E-state index in [1.165, 1.54) is 25.7 Å². The highest BCUT2D eigenvalue weighted by molar-refractivity contribution is 5.79. The highest BCUT2D eigenvalue weighted by atomic mass is 16.5. The number of rotatable bonds is 5. The third-order valence-corrected chi connectivity index (χ3v) is 4.20. The van der Waals surface area contributed by atoms with Gasteiger partial charge in [0.1, 0.15) is 5.78 Å². The van der Waals surface area contributed by atoms with Crippen LogP contribution >= 0.6 is 0 Å². The van der Waals surface area contributed by atoms with Crippen molar-refractivity contribution in [2.45, 2.75) is 63.5 Å². The van der Waals surface area contributed by atoms with E-state index in [0.29, 0.717) is 17.9 Å². The Kier molecular flexibility index (Phi) is 4.99. The molecule has 0 N–H and O–H groups in total. The molecule has 3 nitrogen and oxygen atoms in total. The molecule has 3 heteroatoms. The SMILES string of the molecule is CN(CCCC1CCCO1)C1CCC(=O)CC1. The summed E-state index contributed by atoms with van der Waals surface area (Å²) >= 11 is 0. The molecular weight excluding hydrogens is 214 g/mol. The van der Waals surface area contributed by atoms with Crippen LogP contribution < -0.4 is 0 Å². The highest BCUT2D eigenvalue weighted by Crippen LogP contribution is 2.21. The third-order valence-electron chi connectivity index (χ3n) is 4.20. The summed E-state index contributed by atoms with van der Waals surface area (Å²) in [6, 6.07) is 0.636. The molecule has 98 valence electrons. The summed E-state index contributed by atoms with van der Waals surface area (Å²) in [7, 11) is 2.20. The van der Waals surface area contributed by atoms with Crippen molar-refractivity contribution in [1.29, 1.82) is 0 Å². The van der Waals surface area contributed by atoms with Crippen molar-refractivity contribution in [3.8, 4) is 0 Å². The number of Topliss-reactive ketones (excluding diaryl/α,β-unsaturated/α-hetero) is 1. The highest BCUT2D eigenvalue weighted by Gasteiger charge is 2.22. The van der Waals surface area contributed by atoms with Crippen LogP contribution in [0.1, 0.15) is 51.4 Å². The van der Waals surface area contributed by atoms with Crippen molar-refractivity contribution in [1.82, 2.24) is 4.90 Å². The quantitative estimate of drug-likeness (QED) is 0.738. The number of ketones is 1. The molecule has 2 rings (SSSR count). The van der Waals surface area contributed by atoms with E-state index < -0.39 is 0 Å². The lowest BCUT2D eigenvalue weighted by molar-refractivity contribution is -0.121. The monoisotopic (exact) mass is 239 g/mol. The maximum atomic E-state index is 11.2. The minimum absolute atomic E-state index is 0.453. The topological polar surface area (TPSA) is 29.5 Å². The summed E-state index contributed by atoms with van der Waals surface area (Å²) in [6.45, 7) is 2.12. The molecule has 0 bridgehead atoms. The van der Waals surface area contributed by atoms with E-state index in [9.17, 15) is 4.79 Å². The summed E-state index contributed by atoms with van der Waals surface area (Å²) < 4.78 is 5.63. The maximum Gasteiger partial charge on any atom is 0.133 e. The van der Waals surface area contributed by atoms with Gasteiger partial charge in [0.15, 0.2) is 0 Å². The van der Waals surface area contributed by atoms with Crippen LogP contribution in [0.2, 0.25) is 0 Å². The summed E-state index contributed by atoms with van der Waals surface area (Å²) in [5, 5.41) is 0. The molecule has 1 saturated carbocycles. The summed E-state index contributed by atoms with van der Waals surface area (Å²) in [6.07, 6.45) is 9.16. The van der Waals surface area contributed by atoms with E-state index in [1.54, 1.807) is 0 Å². The van der Waals surface area contributed by atoms with E-state index in [4.69, 9.17) is 4.74 Å². The first-order valence-corrected chi connectivity index (χ1v) is 7.09. The van der Waals surface area contributed by atoms with Crippen LogP contribution in [0, 0.1) is 0 Å². The molecule has 0 aromatic heterocycles. The summed E-state index contributed by atoms with van der Waals surface area (Å²) in [5.41, 5.74) is 0. The Morgan fingerprint density at radius 2 is 2.06 bits per heavy atom. The van der Waals surface area contributed by atoms with Crippen molar-refractivity contribution in [2.24, 2.45) is 0 Å². The molecule has 2 fully saturated rings. The minimum atomic E-state index is 0.453. The number of carbonyl (C=O) groups excluding carboxylic acids is 1. The summed E-state index contributed by atoms with van der Waals surface area (Å²) in [4.78, 5) is 13.6. The molecule has 0 spiro atoms. The van der Waals surface area contributed by atoms with Gasteiger partial charge < -0.3 is 9.64 Å².